The number of carbonyl (C=O) groups excluding carboxylic acids is 1. The molecule has 0 bridgehead atoms. The van der Waals surface area contributed by atoms with Crippen molar-refractivity contribution in [1.29, 1.82) is 0 Å². The monoisotopic (exact) mass is 243 g/mol. The Hall–Kier alpha value is -1.31. The first-order valence-corrected chi connectivity index (χ1v) is 7.09. The molecule has 2 heteroatoms. The van der Waals surface area contributed by atoms with Crippen LogP contribution in [0.5, 0.6) is 0 Å². The van der Waals surface area contributed by atoms with E-state index in [0.29, 0.717) is 17.7 Å². The molecule has 1 amide bonds. The molecule has 2 aliphatic rings. The Balaban J connectivity index is 1.54. The van der Waals surface area contributed by atoms with Gasteiger partial charge >= 0.3 is 0 Å². The van der Waals surface area contributed by atoms with E-state index in [1.54, 1.807) is 0 Å². The van der Waals surface area contributed by atoms with Gasteiger partial charge in [0.15, 0.2) is 0 Å². The lowest BCUT2D eigenvalue weighted by atomic mass is 9.63. The van der Waals surface area contributed by atoms with E-state index in [0.717, 1.165) is 18.7 Å². The van der Waals surface area contributed by atoms with E-state index in [1.807, 2.05) is 30.3 Å². The summed E-state index contributed by atoms with van der Waals surface area (Å²) in [6.45, 7) is 1.96. The van der Waals surface area contributed by atoms with Crippen molar-refractivity contribution < 1.29 is 4.79 Å². The number of rotatable bonds is 2. The Morgan fingerprint density at radius 2 is 1.72 bits per heavy atom. The third kappa shape index (κ3) is 2.29. The number of hydrogen-bond acceptors (Lipinski definition) is 1. The van der Waals surface area contributed by atoms with Crippen molar-refractivity contribution in [2.45, 2.75) is 38.5 Å². The normalized spacial score (nSPS) is 21.7. The van der Waals surface area contributed by atoms with Gasteiger partial charge in [0.25, 0.3) is 0 Å². The van der Waals surface area contributed by atoms with Gasteiger partial charge in [-0.05, 0) is 36.7 Å². The van der Waals surface area contributed by atoms with Gasteiger partial charge in [0, 0.05) is 13.1 Å². The number of carbonyl (C=O) groups is 1. The highest BCUT2D eigenvalue weighted by molar-refractivity contribution is 5.78. The summed E-state index contributed by atoms with van der Waals surface area (Å²) >= 11 is 0. The molecule has 0 aromatic heterocycles. The predicted octanol–water partition coefficient (Wildman–Crippen LogP) is 3.02. The van der Waals surface area contributed by atoms with Crippen LogP contribution in [0.4, 0.5) is 0 Å². The van der Waals surface area contributed by atoms with Gasteiger partial charge in [-0.2, -0.15) is 0 Å². The molecule has 1 saturated carbocycles. The summed E-state index contributed by atoms with van der Waals surface area (Å²) in [5.74, 6) is 0.301. The molecule has 0 N–H and O–H groups in total. The fourth-order valence-electron chi connectivity index (χ4n) is 3.29. The largest absolute Gasteiger partial charge is 0.342 e. The molecule has 0 radical (unpaired) electrons. The Labute approximate surface area is 109 Å². The quantitative estimate of drug-likeness (QED) is 0.782. The molecular weight excluding hydrogens is 222 g/mol. The minimum atomic E-state index is 0.301. The smallest absolute Gasteiger partial charge is 0.226 e. The van der Waals surface area contributed by atoms with Gasteiger partial charge in [-0.1, -0.05) is 36.8 Å². The van der Waals surface area contributed by atoms with Crippen molar-refractivity contribution in [3.05, 3.63) is 35.9 Å². The molecule has 2 fully saturated rings. The van der Waals surface area contributed by atoms with Crippen LogP contribution in [0.3, 0.4) is 0 Å². The maximum atomic E-state index is 12.2. The van der Waals surface area contributed by atoms with Gasteiger partial charge in [-0.3, -0.25) is 4.79 Å². The van der Waals surface area contributed by atoms with Crippen LogP contribution in [0, 0.1) is 5.41 Å². The lowest BCUT2D eigenvalue weighted by Crippen LogP contribution is -2.46. The zero-order valence-electron chi connectivity index (χ0n) is 10.9. The topological polar surface area (TPSA) is 20.3 Å². The minimum Gasteiger partial charge on any atom is -0.342 e. The van der Waals surface area contributed by atoms with Crippen LogP contribution < -0.4 is 0 Å². The first kappa shape index (κ1) is 11.8. The second-order valence-electron chi connectivity index (χ2n) is 5.90. The average molecular weight is 243 g/mol. The summed E-state index contributed by atoms with van der Waals surface area (Å²) < 4.78 is 0. The molecule has 1 aliphatic carbocycles. The molecule has 1 spiro atoms. The molecule has 1 aromatic carbocycles. The molecular formula is C16H21NO. The van der Waals surface area contributed by atoms with E-state index in [-0.39, 0.29) is 0 Å². The van der Waals surface area contributed by atoms with Crippen LogP contribution in [-0.4, -0.2) is 23.9 Å². The predicted molar refractivity (Wildman–Crippen MR) is 72.2 cm³/mol. The zero-order valence-corrected chi connectivity index (χ0v) is 10.9. The average Bonchev–Trinajstić information content (AvgIpc) is 2.38. The Morgan fingerprint density at radius 3 is 2.28 bits per heavy atom. The lowest BCUT2D eigenvalue weighted by Gasteiger charge is -2.48. The molecule has 2 nitrogen and oxygen atoms in total. The van der Waals surface area contributed by atoms with Gasteiger partial charge in [0.1, 0.15) is 0 Å². The molecule has 1 saturated heterocycles. The first-order chi connectivity index (χ1) is 8.77. The highest BCUT2D eigenvalue weighted by Gasteiger charge is 2.40. The standard InChI is InChI=1S/C16H21NO/c18-15(13-14-5-2-1-3-6-14)17-11-9-16(10-12-17)7-4-8-16/h1-3,5-6H,4,7-13H2. The van der Waals surface area contributed by atoms with Gasteiger partial charge in [0.05, 0.1) is 6.42 Å². The van der Waals surface area contributed by atoms with Crippen LogP contribution in [0.25, 0.3) is 0 Å². The summed E-state index contributed by atoms with van der Waals surface area (Å²) in [5, 5.41) is 0. The summed E-state index contributed by atoms with van der Waals surface area (Å²) in [7, 11) is 0. The summed E-state index contributed by atoms with van der Waals surface area (Å²) in [4.78, 5) is 14.3. The highest BCUT2D eigenvalue weighted by Crippen LogP contribution is 2.48. The maximum Gasteiger partial charge on any atom is 0.226 e. The summed E-state index contributed by atoms with van der Waals surface area (Å²) in [6.07, 6.45) is 7.22. The summed E-state index contributed by atoms with van der Waals surface area (Å²) in [5.41, 5.74) is 1.76. The molecule has 0 atom stereocenters. The van der Waals surface area contributed by atoms with Crippen LogP contribution >= 0.6 is 0 Å². The number of nitrogens with zero attached hydrogens (tertiary/aromatic N) is 1. The molecule has 18 heavy (non-hydrogen) atoms. The van der Waals surface area contributed by atoms with E-state index in [4.69, 9.17) is 0 Å². The van der Waals surface area contributed by atoms with E-state index >= 15 is 0 Å². The Morgan fingerprint density at radius 1 is 1.06 bits per heavy atom. The van der Waals surface area contributed by atoms with E-state index in [9.17, 15) is 4.79 Å². The molecule has 1 heterocycles. The fourth-order valence-corrected chi connectivity index (χ4v) is 3.29. The van der Waals surface area contributed by atoms with Crippen molar-refractivity contribution in [3.8, 4) is 0 Å². The Bertz CT molecular complexity index is 412. The second kappa shape index (κ2) is 4.75. The van der Waals surface area contributed by atoms with Crippen LogP contribution in [0.15, 0.2) is 30.3 Å². The Kier molecular flexibility index (Phi) is 3.11. The molecule has 0 unspecified atom stereocenters. The zero-order chi connectivity index (χ0) is 12.4. The molecule has 96 valence electrons. The SMILES string of the molecule is O=C(Cc1ccccc1)N1CCC2(CCC2)CC1. The maximum absolute atomic E-state index is 12.2. The van der Waals surface area contributed by atoms with Gasteiger partial charge in [-0.25, -0.2) is 0 Å². The fraction of sp³-hybridized carbons (Fsp3) is 0.562. The van der Waals surface area contributed by atoms with Crippen LogP contribution in [0.1, 0.15) is 37.7 Å². The third-order valence-corrected chi connectivity index (χ3v) is 4.79. The molecule has 3 rings (SSSR count). The van der Waals surface area contributed by atoms with E-state index in [2.05, 4.69) is 4.90 Å². The minimum absolute atomic E-state index is 0.301. The van der Waals surface area contributed by atoms with E-state index < -0.39 is 0 Å². The van der Waals surface area contributed by atoms with Crippen LogP contribution in [-0.2, 0) is 11.2 Å². The second-order valence-corrected chi connectivity index (χ2v) is 5.90. The number of benzene rings is 1. The van der Waals surface area contributed by atoms with E-state index in [1.165, 1.54) is 32.1 Å². The van der Waals surface area contributed by atoms with Crippen molar-refractivity contribution in [3.63, 3.8) is 0 Å². The number of piperidine rings is 1. The number of likely N-dealkylation sites (tertiary alicyclic amines) is 1. The number of amides is 1. The third-order valence-electron chi connectivity index (χ3n) is 4.79. The van der Waals surface area contributed by atoms with Crippen LogP contribution in [0.2, 0.25) is 0 Å². The highest BCUT2D eigenvalue weighted by atomic mass is 16.2. The van der Waals surface area contributed by atoms with Crippen molar-refractivity contribution in [2.75, 3.05) is 13.1 Å². The lowest BCUT2D eigenvalue weighted by molar-refractivity contribution is -0.133. The summed E-state index contributed by atoms with van der Waals surface area (Å²) in [6, 6.07) is 10.1. The first-order valence-electron chi connectivity index (χ1n) is 7.09. The van der Waals surface area contributed by atoms with Gasteiger partial charge in [0.2, 0.25) is 5.91 Å². The molecule has 1 aliphatic heterocycles. The number of hydrogen-bond donors (Lipinski definition) is 0. The van der Waals surface area contributed by atoms with Crippen molar-refractivity contribution in [1.82, 2.24) is 4.90 Å². The van der Waals surface area contributed by atoms with Gasteiger partial charge < -0.3 is 4.90 Å². The van der Waals surface area contributed by atoms with Gasteiger partial charge in [-0.15, -0.1) is 0 Å². The van der Waals surface area contributed by atoms with Crippen molar-refractivity contribution in [2.24, 2.45) is 5.41 Å². The van der Waals surface area contributed by atoms with Crippen molar-refractivity contribution >= 4 is 5.91 Å². The molecule has 1 aromatic rings.